The van der Waals surface area contributed by atoms with Crippen molar-refractivity contribution in [3.63, 3.8) is 0 Å². The van der Waals surface area contributed by atoms with Gasteiger partial charge in [0.25, 0.3) is 0 Å². The summed E-state index contributed by atoms with van der Waals surface area (Å²) in [6.07, 6.45) is 3.32. The zero-order valence-corrected chi connectivity index (χ0v) is 22.8. The van der Waals surface area contributed by atoms with E-state index in [2.05, 4.69) is 5.10 Å². The monoisotopic (exact) mass is 533 g/mol. The summed E-state index contributed by atoms with van der Waals surface area (Å²) in [5.74, 6) is 0.682. The molecule has 0 radical (unpaired) electrons. The third-order valence-corrected chi connectivity index (χ3v) is 6.90. The highest BCUT2D eigenvalue weighted by molar-refractivity contribution is 6.32. The van der Waals surface area contributed by atoms with Crippen molar-refractivity contribution in [2.75, 3.05) is 19.7 Å². The largest absolute Gasteiger partial charge is 0.489 e. The number of aromatic nitrogens is 2. The van der Waals surface area contributed by atoms with E-state index in [4.69, 9.17) is 25.8 Å². The average molecular weight is 534 g/mol. The number of ether oxygens (including phenoxy) is 3. The molecule has 0 unspecified atom stereocenters. The molecular weight excluding hydrogens is 498 g/mol. The molecular formula is C27H36ClN3O6. The predicted molar refractivity (Wildman–Crippen MR) is 138 cm³/mol. The number of rotatable bonds is 7. The summed E-state index contributed by atoms with van der Waals surface area (Å²) in [6.45, 7) is 10.5. The molecule has 0 spiro atoms. The highest BCUT2D eigenvalue weighted by atomic mass is 35.5. The lowest BCUT2D eigenvalue weighted by atomic mass is 10.0. The second-order valence-corrected chi connectivity index (χ2v) is 12.0. The third kappa shape index (κ3) is 7.03. The number of aliphatic hydroxyl groups is 1. The zero-order chi connectivity index (χ0) is 27.0. The van der Waals surface area contributed by atoms with Crippen LogP contribution in [0.5, 0.6) is 5.75 Å². The molecule has 2 atom stereocenters. The molecule has 2 fully saturated rings. The van der Waals surface area contributed by atoms with Gasteiger partial charge in [-0.15, -0.1) is 0 Å². The molecule has 202 valence electrons. The molecule has 4 rings (SSSR count). The van der Waals surface area contributed by atoms with E-state index in [1.807, 2.05) is 12.1 Å². The summed E-state index contributed by atoms with van der Waals surface area (Å²) in [7, 11) is 0. The molecule has 1 aliphatic heterocycles. The second-order valence-electron chi connectivity index (χ2n) is 11.6. The summed E-state index contributed by atoms with van der Waals surface area (Å²) in [4.78, 5) is 27.0. The van der Waals surface area contributed by atoms with E-state index in [0.717, 1.165) is 18.4 Å². The molecule has 1 saturated heterocycles. The van der Waals surface area contributed by atoms with Gasteiger partial charge in [-0.2, -0.15) is 9.78 Å². The smallest absolute Gasteiger partial charge is 0.359 e. The van der Waals surface area contributed by atoms with Crippen LogP contribution in [-0.4, -0.2) is 68.8 Å². The molecule has 1 amide bonds. The number of benzene rings is 1. The van der Waals surface area contributed by atoms with Gasteiger partial charge in [-0.05, 0) is 71.4 Å². The molecule has 2 aliphatic rings. The van der Waals surface area contributed by atoms with Crippen LogP contribution in [0.4, 0.5) is 4.79 Å². The van der Waals surface area contributed by atoms with Crippen LogP contribution in [0.15, 0.2) is 30.5 Å². The van der Waals surface area contributed by atoms with Crippen molar-refractivity contribution in [1.29, 1.82) is 0 Å². The number of hydrogen-bond donors (Lipinski definition) is 1. The zero-order valence-electron chi connectivity index (χ0n) is 22.1. The van der Waals surface area contributed by atoms with E-state index in [1.165, 1.54) is 16.9 Å². The van der Waals surface area contributed by atoms with E-state index in [-0.39, 0.29) is 24.4 Å². The summed E-state index contributed by atoms with van der Waals surface area (Å²) in [5, 5.41) is 14.5. The standard InChI is InChI=1S/C27H36ClN3O6/c1-26(2,3)37-24(32)21-9-10-31(29-21)25(33)30-13-18-11-20(12-19(18)14-30)35-15-17-7-6-8-22(23(17)28)36-16-27(4,5)34/h6-10,18-20,34H,11-16H2,1-5H3/t18-,19-/m1/s1. The van der Waals surface area contributed by atoms with Gasteiger partial charge >= 0.3 is 12.0 Å². The van der Waals surface area contributed by atoms with Crippen molar-refractivity contribution in [1.82, 2.24) is 14.7 Å². The number of carbonyl (C=O) groups excluding carboxylic acids is 2. The van der Waals surface area contributed by atoms with Crippen LogP contribution < -0.4 is 4.74 Å². The maximum atomic E-state index is 13.0. The van der Waals surface area contributed by atoms with Crippen molar-refractivity contribution >= 4 is 23.6 Å². The van der Waals surface area contributed by atoms with E-state index >= 15 is 0 Å². The van der Waals surface area contributed by atoms with Crippen LogP contribution >= 0.6 is 11.6 Å². The Morgan fingerprint density at radius 1 is 1.11 bits per heavy atom. The molecule has 0 bridgehead atoms. The Bertz CT molecular complexity index is 1120. The van der Waals surface area contributed by atoms with Gasteiger partial charge in [-0.3, -0.25) is 0 Å². The molecule has 1 aromatic heterocycles. The third-order valence-electron chi connectivity index (χ3n) is 6.47. The Morgan fingerprint density at radius 3 is 2.41 bits per heavy atom. The Labute approximate surface area is 222 Å². The molecule has 9 nitrogen and oxygen atoms in total. The fourth-order valence-corrected chi connectivity index (χ4v) is 5.03. The summed E-state index contributed by atoms with van der Waals surface area (Å²) < 4.78 is 18.4. The lowest BCUT2D eigenvalue weighted by molar-refractivity contribution is 0.00620. The van der Waals surface area contributed by atoms with Crippen LogP contribution in [-0.2, 0) is 16.1 Å². The fraction of sp³-hybridized carbons (Fsp3) is 0.593. The first-order chi connectivity index (χ1) is 17.3. The molecule has 1 N–H and O–H groups in total. The SMILES string of the molecule is CC(C)(O)COc1cccc(COC2C[C@@H]3CN(C(=O)n4ccc(C(=O)OC(C)(C)C)n4)C[C@H]3C2)c1Cl. The quantitative estimate of drug-likeness (QED) is 0.521. The Balaban J connectivity index is 1.27. The number of fused-ring (bicyclic) bond motifs is 1. The van der Waals surface area contributed by atoms with E-state index in [0.29, 0.717) is 42.3 Å². The van der Waals surface area contributed by atoms with Gasteiger partial charge < -0.3 is 24.2 Å². The Morgan fingerprint density at radius 2 is 1.78 bits per heavy atom. The molecule has 10 heteroatoms. The maximum absolute atomic E-state index is 13.0. The molecule has 1 saturated carbocycles. The predicted octanol–water partition coefficient (Wildman–Crippen LogP) is 4.54. The fourth-order valence-electron chi connectivity index (χ4n) is 4.79. The van der Waals surface area contributed by atoms with Crippen molar-refractivity contribution in [2.45, 2.75) is 71.4 Å². The van der Waals surface area contributed by atoms with Gasteiger partial charge in [0, 0.05) is 24.8 Å². The number of likely N-dealkylation sites (tertiary alicyclic amines) is 1. The van der Waals surface area contributed by atoms with Crippen molar-refractivity contribution in [3.05, 3.63) is 46.7 Å². The maximum Gasteiger partial charge on any atom is 0.359 e. The molecule has 2 aromatic rings. The van der Waals surface area contributed by atoms with Crippen LogP contribution in [0.2, 0.25) is 5.02 Å². The van der Waals surface area contributed by atoms with Crippen LogP contribution in [0.3, 0.4) is 0 Å². The summed E-state index contributed by atoms with van der Waals surface area (Å²) in [5.41, 5.74) is -0.632. The number of amides is 1. The number of halogens is 1. The van der Waals surface area contributed by atoms with E-state index < -0.39 is 17.2 Å². The van der Waals surface area contributed by atoms with Gasteiger partial charge in [0.1, 0.15) is 18.0 Å². The Kier molecular flexibility index (Phi) is 7.88. The second kappa shape index (κ2) is 10.6. The molecule has 37 heavy (non-hydrogen) atoms. The van der Waals surface area contributed by atoms with Gasteiger partial charge in [0.05, 0.1) is 23.3 Å². The highest BCUT2D eigenvalue weighted by Gasteiger charge is 2.43. The summed E-state index contributed by atoms with van der Waals surface area (Å²) >= 11 is 6.52. The molecule has 2 heterocycles. The molecule has 1 aliphatic carbocycles. The number of hydrogen-bond acceptors (Lipinski definition) is 7. The van der Waals surface area contributed by atoms with Crippen LogP contribution in [0.25, 0.3) is 0 Å². The van der Waals surface area contributed by atoms with E-state index in [9.17, 15) is 14.7 Å². The van der Waals surface area contributed by atoms with Gasteiger partial charge in [-0.25, -0.2) is 9.59 Å². The normalized spacial score (nSPS) is 20.2. The first-order valence-corrected chi connectivity index (χ1v) is 13.0. The number of carbonyl (C=O) groups is 2. The minimum absolute atomic E-state index is 0.0905. The van der Waals surface area contributed by atoms with E-state index in [1.54, 1.807) is 45.6 Å². The lowest BCUT2D eigenvalue weighted by Crippen LogP contribution is -2.34. The van der Waals surface area contributed by atoms with Gasteiger partial charge in [0.15, 0.2) is 5.69 Å². The molecule has 1 aromatic carbocycles. The lowest BCUT2D eigenvalue weighted by Gasteiger charge is -2.20. The average Bonchev–Trinajstić information content (AvgIpc) is 3.50. The van der Waals surface area contributed by atoms with Gasteiger partial charge in [0.2, 0.25) is 0 Å². The Hall–Kier alpha value is -2.62. The van der Waals surface area contributed by atoms with Crippen molar-refractivity contribution in [2.24, 2.45) is 11.8 Å². The first kappa shape index (κ1) is 27.4. The van der Waals surface area contributed by atoms with Crippen LogP contribution in [0, 0.1) is 11.8 Å². The minimum Gasteiger partial charge on any atom is -0.489 e. The van der Waals surface area contributed by atoms with Crippen LogP contribution in [0.1, 0.15) is 63.5 Å². The van der Waals surface area contributed by atoms with Gasteiger partial charge in [-0.1, -0.05) is 23.7 Å². The summed E-state index contributed by atoms with van der Waals surface area (Å²) in [6, 6.07) is 6.81. The van der Waals surface area contributed by atoms with Crippen molar-refractivity contribution < 1.29 is 28.9 Å². The number of nitrogens with zero attached hydrogens (tertiary/aromatic N) is 3. The topological polar surface area (TPSA) is 103 Å². The highest BCUT2D eigenvalue weighted by Crippen LogP contribution is 2.40. The minimum atomic E-state index is -0.954. The first-order valence-electron chi connectivity index (χ1n) is 12.6. The van der Waals surface area contributed by atoms with Crippen molar-refractivity contribution in [3.8, 4) is 5.75 Å². The number of esters is 1.